The van der Waals surface area contributed by atoms with Crippen molar-refractivity contribution >= 4 is 40.7 Å². The lowest BCUT2D eigenvalue weighted by Crippen LogP contribution is -2.31. The fraction of sp³-hybridized carbons (Fsp3) is 0.385. The average Bonchev–Trinajstić information content (AvgIpc) is 3.19. The maximum atomic E-state index is 11.9. The molecule has 1 aliphatic rings. The van der Waals surface area contributed by atoms with Gasteiger partial charge in [0.25, 0.3) is 5.91 Å². The average molecular weight is 316 g/mol. The highest BCUT2D eigenvalue weighted by molar-refractivity contribution is 6.43. The van der Waals surface area contributed by atoms with Gasteiger partial charge < -0.3 is 16.4 Å². The van der Waals surface area contributed by atoms with Crippen LogP contribution < -0.4 is 16.4 Å². The van der Waals surface area contributed by atoms with E-state index in [9.17, 15) is 9.59 Å². The maximum Gasteiger partial charge on any atom is 0.251 e. The third-order valence-corrected chi connectivity index (χ3v) is 3.72. The monoisotopic (exact) mass is 315 g/mol. The molecule has 0 unspecified atom stereocenters. The Bertz CT molecular complexity index is 521. The first-order chi connectivity index (χ1) is 9.47. The molecule has 4 N–H and O–H groups in total. The smallest absolute Gasteiger partial charge is 0.251 e. The van der Waals surface area contributed by atoms with Gasteiger partial charge in [0.15, 0.2) is 0 Å². The molecule has 108 valence electrons. The Kier molecular flexibility index (Phi) is 4.73. The summed E-state index contributed by atoms with van der Waals surface area (Å²) >= 11 is 11.7. The van der Waals surface area contributed by atoms with Crippen molar-refractivity contribution in [2.45, 2.75) is 25.3 Å². The summed E-state index contributed by atoms with van der Waals surface area (Å²) in [5, 5.41) is 5.94. The molecule has 0 heterocycles. The Morgan fingerprint density at radius 3 is 2.60 bits per heavy atom. The van der Waals surface area contributed by atoms with E-state index in [0.717, 1.165) is 12.8 Å². The molecule has 0 aliphatic heterocycles. The van der Waals surface area contributed by atoms with Gasteiger partial charge in [-0.05, 0) is 25.0 Å². The lowest BCUT2D eigenvalue weighted by atomic mass is 10.2. The molecule has 2 amide bonds. The van der Waals surface area contributed by atoms with E-state index in [4.69, 9.17) is 28.9 Å². The Morgan fingerprint density at radius 2 is 2.00 bits per heavy atom. The molecule has 0 bridgehead atoms. The third-order valence-electron chi connectivity index (χ3n) is 2.90. The summed E-state index contributed by atoms with van der Waals surface area (Å²) in [4.78, 5) is 23.3. The van der Waals surface area contributed by atoms with Crippen LogP contribution in [0.15, 0.2) is 12.1 Å². The van der Waals surface area contributed by atoms with Gasteiger partial charge in [0.05, 0.1) is 15.7 Å². The van der Waals surface area contributed by atoms with Crippen LogP contribution >= 0.6 is 23.2 Å². The summed E-state index contributed by atoms with van der Waals surface area (Å²) in [6, 6.07) is 3.22. The number of amides is 2. The highest BCUT2D eigenvalue weighted by Gasteiger charge is 2.22. The Hall–Kier alpha value is -1.46. The second-order valence-corrected chi connectivity index (χ2v) is 5.49. The third kappa shape index (κ3) is 4.02. The van der Waals surface area contributed by atoms with Crippen molar-refractivity contribution in [1.82, 2.24) is 10.6 Å². The molecule has 7 heteroatoms. The van der Waals surface area contributed by atoms with Crippen LogP contribution in [0.4, 0.5) is 5.69 Å². The van der Waals surface area contributed by atoms with Gasteiger partial charge in [-0.15, -0.1) is 0 Å². The van der Waals surface area contributed by atoms with Crippen LogP contribution in [0.25, 0.3) is 0 Å². The number of nitrogens with one attached hydrogen (secondary N) is 2. The minimum atomic E-state index is -0.338. The number of anilines is 1. The lowest BCUT2D eigenvalue weighted by molar-refractivity contribution is -0.121. The van der Waals surface area contributed by atoms with Crippen LogP contribution in [-0.2, 0) is 4.79 Å². The summed E-state index contributed by atoms with van der Waals surface area (Å²) in [5.74, 6) is -0.393. The fourth-order valence-electron chi connectivity index (χ4n) is 1.66. The standard InChI is InChI=1S/C13H15Cl2N3O2/c14-9-5-7(6-10(16)12(9)15)13(20)17-4-3-11(19)18-8-1-2-8/h5-6,8H,1-4,16H2,(H,17,20)(H,18,19). The van der Waals surface area contributed by atoms with E-state index in [0.29, 0.717) is 11.6 Å². The van der Waals surface area contributed by atoms with E-state index in [1.807, 2.05) is 0 Å². The Balaban J connectivity index is 1.83. The van der Waals surface area contributed by atoms with E-state index in [2.05, 4.69) is 10.6 Å². The number of nitrogens with two attached hydrogens (primary N) is 1. The summed E-state index contributed by atoms with van der Waals surface area (Å²) in [6.07, 6.45) is 2.33. The minimum Gasteiger partial charge on any atom is -0.397 e. The number of carbonyl (C=O) groups is 2. The Labute approximate surface area is 126 Å². The van der Waals surface area contributed by atoms with Crippen molar-refractivity contribution in [3.05, 3.63) is 27.7 Å². The molecule has 5 nitrogen and oxygen atoms in total. The number of hydrogen-bond donors (Lipinski definition) is 3. The SMILES string of the molecule is Nc1cc(C(=O)NCCC(=O)NC2CC2)cc(Cl)c1Cl. The number of nitrogen functional groups attached to an aromatic ring is 1. The zero-order valence-corrected chi connectivity index (χ0v) is 12.2. The van der Waals surface area contributed by atoms with E-state index in [1.165, 1.54) is 12.1 Å². The van der Waals surface area contributed by atoms with Crippen molar-refractivity contribution in [1.29, 1.82) is 0 Å². The largest absolute Gasteiger partial charge is 0.397 e. The number of benzene rings is 1. The normalized spacial score (nSPS) is 13.9. The first-order valence-electron chi connectivity index (χ1n) is 6.29. The van der Waals surface area contributed by atoms with Crippen LogP contribution in [0.1, 0.15) is 29.6 Å². The van der Waals surface area contributed by atoms with Gasteiger partial charge in [-0.2, -0.15) is 0 Å². The lowest BCUT2D eigenvalue weighted by Gasteiger charge is -2.08. The van der Waals surface area contributed by atoms with Gasteiger partial charge in [-0.1, -0.05) is 23.2 Å². The number of carbonyl (C=O) groups excluding carboxylic acids is 2. The first kappa shape index (κ1) is 14.9. The summed E-state index contributed by atoms with van der Waals surface area (Å²) in [5.41, 5.74) is 6.20. The van der Waals surface area contributed by atoms with Crippen molar-refractivity contribution in [2.75, 3.05) is 12.3 Å². The zero-order chi connectivity index (χ0) is 14.7. The summed E-state index contributed by atoms with van der Waals surface area (Å²) in [7, 11) is 0. The quantitative estimate of drug-likeness (QED) is 0.726. The Morgan fingerprint density at radius 1 is 1.30 bits per heavy atom. The van der Waals surface area contributed by atoms with Crippen molar-refractivity contribution in [3.8, 4) is 0 Å². The van der Waals surface area contributed by atoms with Gasteiger partial charge in [-0.25, -0.2) is 0 Å². The van der Waals surface area contributed by atoms with E-state index in [1.54, 1.807) is 0 Å². The van der Waals surface area contributed by atoms with Crippen LogP contribution in [0.3, 0.4) is 0 Å². The van der Waals surface area contributed by atoms with Crippen LogP contribution in [0.2, 0.25) is 10.0 Å². The topological polar surface area (TPSA) is 84.2 Å². The van der Waals surface area contributed by atoms with Crippen molar-refractivity contribution in [3.63, 3.8) is 0 Å². The van der Waals surface area contributed by atoms with Gasteiger partial charge >= 0.3 is 0 Å². The van der Waals surface area contributed by atoms with Gasteiger partial charge in [0.2, 0.25) is 5.91 Å². The maximum absolute atomic E-state index is 11.9. The molecule has 0 spiro atoms. The minimum absolute atomic E-state index is 0.0542. The molecule has 1 aromatic rings. The van der Waals surface area contributed by atoms with Crippen LogP contribution in [-0.4, -0.2) is 24.4 Å². The molecule has 20 heavy (non-hydrogen) atoms. The van der Waals surface area contributed by atoms with Crippen LogP contribution in [0.5, 0.6) is 0 Å². The molecule has 1 fully saturated rings. The summed E-state index contributed by atoms with van der Waals surface area (Å²) in [6.45, 7) is 0.261. The first-order valence-corrected chi connectivity index (χ1v) is 7.05. The highest BCUT2D eigenvalue weighted by Crippen LogP contribution is 2.29. The molecule has 1 aromatic carbocycles. The van der Waals surface area contributed by atoms with Crippen molar-refractivity contribution < 1.29 is 9.59 Å². The van der Waals surface area contributed by atoms with Crippen LogP contribution in [0, 0.1) is 0 Å². The van der Waals surface area contributed by atoms with Gasteiger partial charge in [0, 0.05) is 24.6 Å². The van der Waals surface area contributed by atoms with E-state index >= 15 is 0 Å². The molecular weight excluding hydrogens is 301 g/mol. The highest BCUT2D eigenvalue weighted by atomic mass is 35.5. The molecular formula is C13H15Cl2N3O2. The zero-order valence-electron chi connectivity index (χ0n) is 10.7. The van der Waals surface area contributed by atoms with Gasteiger partial charge in [-0.3, -0.25) is 9.59 Å². The molecule has 0 aromatic heterocycles. The van der Waals surface area contributed by atoms with E-state index < -0.39 is 0 Å². The number of hydrogen-bond acceptors (Lipinski definition) is 3. The molecule has 2 rings (SSSR count). The second-order valence-electron chi connectivity index (χ2n) is 4.71. The molecule has 0 atom stereocenters. The molecule has 1 saturated carbocycles. The van der Waals surface area contributed by atoms with Crippen molar-refractivity contribution in [2.24, 2.45) is 0 Å². The summed E-state index contributed by atoms with van der Waals surface area (Å²) < 4.78 is 0. The number of rotatable bonds is 5. The molecule has 1 aliphatic carbocycles. The van der Waals surface area contributed by atoms with E-state index in [-0.39, 0.29) is 40.5 Å². The molecule has 0 saturated heterocycles. The predicted octanol–water partition coefficient (Wildman–Crippen LogP) is 1.97. The fourth-order valence-corrected chi connectivity index (χ4v) is 2.00. The molecule has 0 radical (unpaired) electrons. The predicted molar refractivity (Wildman–Crippen MR) is 79.0 cm³/mol. The number of halogens is 2. The van der Waals surface area contributed by atoms with Gasteiger partial charge in [0.1, 0.15) is 0 Å². The second kappa shape index (κ2) is 6.33.